The van der Waals surface area contributed by atoms with Crippen LogP contribution in [0.1, 0.15) is 35.1 Å². The Morgan fingerprint density at radius 1 is 1.15 bits per heavy atom. The minimum Gasteiger partial charge on any atom is -0.490 e. The molecule has 0 aliphatic heterocycles. The lowest BCUT2D eigenvalue weighted by molar-refractivity contribution is 0.0782. The van der Waals surface area contributed by atoms with Crippen molar-refractivity contribution in [3.05, 3.63) is 65.6 Å². The number of aromatic nitrogens is 2. The van der Waals surface area contributed by atoms with Crippen LogP contribution in [0.3, 0.4) is 0 Å². The Morgan fingerprint density at radius 3 is 2.48 bits per heavy atom. The molecular formula is C21H24N2O4. The number of Topliss-reactive ketones (excluding diaryl/α,β-unsaturated/α-hetero) is 1. The summed E-state index contributed by atoms with van der Waals surface area (Å²) in [5.41, 5.74) is 1.29. The van der Waals surface area contributed by atoms with Gasteiger partial charge in [-0.15, -0.1) is 0 Å². The van der Waals surface area contributed by atoms with Gasteiger partial charge in [0.15, 0.2) is 17.2 Å². The molecule has 0 fully saturated rings. The van der Waals surface area contributed by atoms with E-state index in [-0.39, 0.29) is 25.4 Å². The molecule has 142 valence electrons. The summed E-state index contributed by atoms with van der Waals surface area (Å²) in [6.45, 7) is 3.50. The van der Waals surface area contributed by atoms with E-state index in [0.29, 0.717) is 29.4 Å². The second kappa shape index (κ2) is 7.90. The molecule has 6 heteroatoms. The number of benzene rings is 1. The van der Waals surface area contributed by atoms with Gasteiger partial charge < -0.3 is 14.9 Å². The number of rotatable bonds is 8. The van der Waals surface area contributed by atoms with Crippen molar-refractivity contribution in [2.75, 3.05) is 19.8 Å². The number of aliphatic hydroxyl groups excluding tert-OH is 2. The lowest BCUT2D eigenvalue weighted by Crippen LogP contribution is -2.37. The molecule has 6 nitrogen and oxygen atoms in total. The van der Waals surface area contributed by atoms with E-state index in [0.717, 1.165) is 5.56 Å². The van der Waals surface area contributed by atoms with Gasteiger partial charge in [-0.2, -0.15) is 0 Å². The maximum absolute atomic E-state index is 13.2. The molecule has 0 saturated carbocycles. The molecule has 2 aromatic heterocycles. The van der Waals surface area contributed by atoms with Crippen LogP contribution in [0.15, 0.2) is 48.7 Å². The number of hydrogen-bond donors (Lipinski definition) is 2. The van der Waals surface area contributed by atoms with Crippen molar-refractivity contribution in [2.24, 2.45) is 0 Å². The van der Waals surface area contributed by atoms with Gasteiger partial charge in [-0.05, 0) is 31.5 Å². The van der Waals surface area contributed by atoms with Crippen molar-refractivity contribution in [2.45, 2.75) is 25.7 Å². The van der Waals surface area contributed by atoms with Crippen LogP contribution in [0.25, 0.3) is 5.65 Å². The molecule has 0 atom stereocenters. The zero-order valence-corrected chi connectivity index (χ0v) is 15.6. The molecule has 0 saturated heterocycles. The number of ether oxygens (including phenoxy) is 1. The quantitative estimate of drug-likeness (QED) is 0.597. The highest BCUT2D eigenvalue weighted by Gasteiger charge is 2.35. The van der Waals surface area contributed by atoms with Crippen molar-refractivity contribution in [1.82, 2.24) is 9.38 Å². The third kappa shape index (κ3) is 3.46. The standard InChI is InChI=1S/C21H24N2O4/c1-3-27-18-10-7-11-23-19(15(2)22-20(18)23)17(26)12-21(13-24,14-25)16-8-5-4-6-9-16/h4-11,24-25H,3,12-14H2,1-2H3. The maximum Gasteiger partial charge on any atom is 0.182 e. The smallest absolute Gasteiger partial charge is 0.182 e. The highest BCUT2D eigenvalue weighted by atomic mass is 16.5. The van der Waals surface area contributed by atoms with Gasteiger partial charge in [0.2, 0.25) is 0 Å². The van der Waals surface area contributed by atoms with E-state index in [4.69, 9.17) is 4.74 Å². The zero-order valence-electron chi connectivity index (χ0n) is 15.6. The number of aliphatic hydroxyl groups is 2. The van der Waals surface area contributed by atoms with Crippen LogP contribution in [0.2, 0.25) is 0 Å². The number of aryl methyl sites for hydroxylation is 1. The Hall–Kier alpha value is -2.70. The molecule has 0 amide bonds. The summed E-state index contributed by atoms with van der Waals surface area (Å²) < 4.78 is 7.32. The molecule has 1 aromatic carbocycles. The van der Waals surface area contributed by atoms with Gasteiger partial charge in [-0.3, -0.25) is 9.20 Å². The number of carbonyl (C=O) groups excluding carboxylic acids is 1. The summed E-state index contributed by atoms with van der Waals surface area (Å²) >= 11 is 0. The first kappa shape index (κ1) is 19.1. The molecule has 0 aliphatic carbocycles. The number of ketones is 1. The maximum atomic E-state index is 13.2. The van der Waals surface area contributed by atoms with E-state index in [1.165, 1.54) is 0 Å². The highest BCUT2D eigenvalue weighted by Crippen LogP contribution is 2.30. The van der Waals surface area contributed by atoms with Crippen LogP contribution in [0.4, 0.5) is 0 Å². The van der Waals surface area contributed by atoms with Gasteiger partial charge >= 0.3 is 0 Å². The van der Waals surface area contributed by atoms with Gasteiger partial charge in [-0.1, -0.05) is 30.3 Å². The van der Waals surface area contributed by atoms with Gasteiger partial charge in [0.1, 0.15) is 5.69 Å². The molecule has 0 aliphatic rings. The number of pyridine rings is 1. The second-order valence-electron chi connectivity index (χ2n) is 6.61. The van der Waals surface area contributed by atoms with Crippen LogP contribution in [0.5, 0.6) is 5.75 Å². The summed E-state index contributed by atoms with van der Waals surface area (Å²) in [6.07, 6.45) is 1.74. The predicted molar refractivity (Wildman–Crippen MR) is 102 cm³/mol. The Labute approximate surface area is 158 Å². The van der Waals surface area contributed by atoms with Crippen molar-refractivity contribution in [3.8, 4) is 5.75 Å². The molecule has 27 heavy (non-hydrogen) atoms. The Balaban J connectivity index is 2.03. The molecule has 0 spiro atoms. The fourth-order valence-corrected chi connectivity index (χ4v) is 3.39. The SMILES string of the molecule is CCOc1cccn2c(C(=O)CC(CO)(CO)c3ccccc3)c(C)nc12. The second-order valence-corrected chi connectivity index (χ2v) is 6.61. The largest absolute Gasteiger partial charge is 0.490 e. The number of nitrogens with zero attached hydrogens (tertiary/aromatic N) is 2. The third-order valence-electron chi connectivity index (χ3n) is 4.84. The fourth-order valence-electron chi connectivity index (χ4n) is 3.39. The first-order valence-corrected chi connectivity index (χ1v) is 8.97. The summed E-state index contributed by atoms with van der Waals surface area (Å²) in [6, 6.07) is 12.8. The van der Waals surface area contributed by atoms with Gasteiger partial charge in [0, 0.05) is 18.0 Å². The van der Waals surface area contributed by atoms with Gasteiger partial charge in [0.25, 0.3) is 0 Å². The monoisotopic (exact) mass is 368 g/mol. The minimum absolute atomic E-state index is 0.0302. The average Bonchev–Trinajstić information content (AvgIpc) is 3.04. The first-order chi connectivity index (χ1) is 13.1. The Bertz CT molecular complexity index is 930. The normalized spacial score (nSPS) is 11.7. The van der Waals surface area contributed by atoms with Crippen molar-refractivity contribution >= 4 is 11.4 Å². The highest BCUT2D eigenvalue weighted by molar-refractivity contribution is 5.97. The first-order valence-electron chi connectivity index (χ1n) is 8.97. The molecule has 2 N–H and O–H groups in total. The lowest BCUT2D eigenvalue weighted by Gasteiger charge is -2.29. The number of fused-ring (bicyclic) bond motifs is 1. The van der Waals surface area contributed by atoms with Crippen LogP contribution < -0.4 is 4.74 Å². The number of hydrogen-bond acceptors (Lipinski definition) is 5. The molecular weight excluding hydrogens is 344 g/mol. The van der Waals surface area contributed by atoms with E-state index in [1.54, 1.807) is 23.6 Å². The summed E-state index contributed by atoms with van der Waals surface area (Å²) in [5.74, 6) is 0.418. The summed E-state index contributed by atoms with van der Waals surface area (Å²) in [5, 5.41) is 20.0. The van der Waals surface area contributed by atoms with E-state index in [1.807, 2.05) is 43.3 Å². The van der Waals surface area contributed by atoms with Crippen molar-refractivity contribution < 1.29 is 19.7 Å². The number of imidazole rings is 1. The van der Waals surface area contributed by atoms with E-state index in [9.17, 15) is 15.0 Å². The van der Waals surface area contributed by atoms with E-state index < -0.39 is 5.41 Å². The molecule has 0 unspecified atom stereocenters. The van der Waals surface area contributed by atoms with Crippen LogP contribution in [-0.4, -0.2) is 45.2 Å². The Morgan fingerprint density at radius 2 is 1.85 bits per heavy atom. The van der Waals surface area contributed by atoms with Crippen LogP contribution in [0, 0.1) is 6.92 Å². The van der Waals surface area contributed by atoms with Gasteiger partial charge in [-0.25, -0.2) is 4.98 Å². The summed E-state index contributed by atoms with van der Waals surface area (Å²) in [4.78, 5) is 17.7. The van der Waals surface area contributed by atoms with E-state index in [2.05, 4.69) is 4.98 Å². The molecule has 3 rings (SSSR count). The molecule has 2 heterocycles. The Kier molecular flexibility index (Phi) is 5.58. The summed E-state index contributed by atoms with van der Waals surface area (Å²) in [7, 11) is 0. The topological polar surface area (TPSA) is 84.1 Å². The molecule has 3 aromatic rings. The van der Waals surface area contributed by atoms with Crippen LogP contribution in [-0.2, 0) is 5.41 Å². The lowest BCUT2D eigenvalue weighted by atomic mass is 9.77. The van der Waals surface area contributed by atoms with E-state index >= 15 is 0 Å². The van der Waals surface area contributed by atoms with Crippen LogP contribution >= 0.6 is 0 Å². The van der Waals surface area contributed by atoms with Crippen molar-refractivity contribution in [1.29, 1.82) is 0 Å². The van der Waals surface area contributed by atoms with Gasteiger partial charge in [0.05, 0.1) is 25.5 Å². The van der Waals surface area contributed by atoms with Crippen molar-refractivity contribution in [3.63, 3.8) is 0 Å². The fraction of sp³-hybridized carbons (Fsp3) is 0.333. The zero-order chi connectivity index (χ0) is 19.4. The molecule has 0 radical (unpaired) electrons. The third-order valence-corrected chi connectivity index (χ3v) is 4.84. The number of carbonyl (C=O) groups is 1. The molecule has 0 bridgehead atoms. The average molecular weight is 368 g/mol. The predicted octanol–water partition coefficient (Wildman–Crippen LogP) is 2.54. The minimum atomic E-state index is -1.05.